The molecule has 0 saturated heterocycles. The summed E-state index contributed by atoms with van der Waals surface area (Å²) in [5.74, 6) is -1.41. The summed E-state index contributed by atoms with van der Waals surface area (Å²) in [6.07, 6.45) is 0. The van der Waals surface area contributed by atoms with Crippen molar-refractivity contribution in [2.75, 3.05) is 11.1 Å². The summed E-state index contributed by atoms with van der Waals surface area (Å²) in [6.45, 7) is 0. The molecule has 3 N–H and O–H groups in total. The van der Waals surface area contributed by atoms with Crippen molar-refractivity contribution in [2.24, 2.45) is 0 Å². The van der Waals surface area contributed by atoms with Gasteiger partial charge >= 0.3 is 0 Å². The Labute approximate surface area is 180 Å². The van der Waals surface area contributed by atoms with E-state index < -0.39 is 17.5 Å². The van der Waals surface area contributed by atoms with Crippen molar-refractivity contribution in [3.63, 3.8) is 0 Å². The second-order valence-electron chi connectivity index (χ2n) is 6.38. The van der Waals surface area contributed by atoms with E-state index in [-0.39, 0.29) is 43.7 Å². The maximum atomic E-state index is 13.2. The van der Waals surface area contributed by atoms with Crippen LogP contribution in [-0.2, 0) is 0 Å². The van der Waals surface area contributed by atoms with Crippen molar-refractivity contribution in [1.29, 1.82) is 0 Å². The molecule has 0 unspecified atom stereocenters. The lowest BCUT2D eigenvalue weighted by Gasteiger charge is -2.22. The standard InChI is InChI=1S/C21H11Cl3N2O3/c22-10-3-1-9(2-4-10)21(29)26-16-6-5-15(25)17-18(16)20(28)12-8-14(24)13(23)7-11(12)19(17)27/h1-8H,25H2,(H,26,29). The molecular weight excluding hydrogens is 435 g/mol. The van der Waals surface area contributed by atoms with E-state index in [1.165, 1.54) is 24.3 Å². The Morgan fingerprint density at radius 3 is 1.93 bits per heavy atom. The first-order valence-corrected chi connectivity index (χ1v) is 9.49. The molecule has 0 fully saturated rings. The first kappa shape index (κ1) is 19.5. The zero-order valence-corrected chi connectivity index (χ0v) is 16.8. The van der Waals surface area contributed by atoms with Crippen LogP contribution in [-0.4, -0.2) is 17.5 Å². The van der Waals surface area contributed by atoms with Crippen LogP contribution in [0.4, 0.5) is 11.4 Å². The number of rotatable bonds is 2. The molecule has 3 aromatic carbocycles. The van der Waals surface area contributed by atoms with Gasteiger partial charge in [-0.1, -0.05) is 34.8 Å². The molecule has 3 aromatic rings. The van der Waals surface area contributed by atoms with Crippen molar-refractivity contribution in [3.05, 3.63) is 91.4 Å². The fourth-order valence-corrected chi connectivity index (χ4v) is 3.64. The number of hydrogen-bond acceptors (Lipinski definition) is 4. The average molecular weight is 446 g/mol. The Balaban J connectivity index is 1.83. The molecule has 0 bridgehead atoms. The SMILES string of the molecule is Nc1ccc(NC(=O)c2ccc(Cl)cc2)c2c1C(=O)c1cc(Cl)c(Cl)cc1C2=O. The van der Waals surface area contributed by atoms with Crippen molar-refractivity contribution in [3.8, 4) is 0 Å². The lowest BCUT2D eigenvalue weighted by atomic mass is 9.82. The minimum atomic E-state index is -0.480. The molecule has 144 valence electrons. The fraction of sp³-hybridized carbons (Fsp3) is 0. The number of nitrogen functional groups attached to an aromatic ring is 1. The van der Waals surface area contributed by atoms with E-state index in [1.54, 1.807) is 24.3 Å². The monoisotopic (exact) mass is 444 g/mol. The van der Waals surface area contributed by atoms with Gasteiger partial charge < -0.3 is 11.1 Å². The van der Waals surface area contributed by atoms with Gasteiger partial charge in [-0.05, 0) is 48.5 Å². The molecule has 29 heavy (non-hydrogen) atoms. The van der Waals surface area contributed by atoms with Crippen molar-refractivity contribution >= 4 is 63.7 Å². The van der Waals surface area contributed by atoms with Gasteiger partial charge in [0.05, 0.1) is 26.9 Å². The second kappa shape index (κ2) is 7.19. The van der Waals surface area contributed by atoms with E-state index in [0.29, 0.717) is 10.6 Å². The van der Waals surface area contributed by atoms with E-state index in [2.05, 4.69) is 5.32 Å². The Hall–Kier alpha value is -2.86. The highest BCUT2D eigenvalue weighted by Gasteiger charge is 2.34. The summed E-state index contributed by atoms with van der Waals surface area (Å²) in [7, 11) is 0. The van der Waals surface area contributed by atoms with Gasteiger partial charge in [0.25, 0.3) is 5.91 Å². The van der Waals surface area contributed by atoms with E-state index >= 15 is 0 Å². The number of amides is 1. The normalized spacial score (nSPS) is 12.4. The molecule has 0 aromatic heterocycles. The third kappa shape index (κ3) is 3.27. The van der Waals surface area contributed by atoms with Crippen LogP contribution < -0.4 is 11.1 Å². The molecule has 1 amide bonds. The van der Waals surface area contributed by atoms with Gasteiger partial charge in [0.15, 0.2) is 11.6 Å². The molecule has 0 heterocycles. The first-order valence-electron chi connectivity index (χ1n) is 8.35. The number of nitrogens with two attached hydrogens (primary N) is 1. The van der Waals surface area contributed by atoms with Crippen LogP contribution in [0.1, 0.15) is 42.2 Å². The quantitative estimate of drug-likeness (QED) is 0.412. The number of carbonyl (C=O) groups is 3. The highest BCUT2D eigenvalue weighted by atomic mass is 35.5. The summed E-state index contributed by atoms with van der Waals surface area (Å²) < 4.78 is 0. The van der Waals surface area contributed by atoms with E-state index in [0.717, 1.165) is 0 Å². The van der Waals surface area contributed by atoms with E-state index in [4.69, 9.17) is 40.5 Å². The summed E-state index contributed by atoms with van der Waals surface area (Å²) in [5, 5.41) is 3.45. The molecular formula is C21H11Cl3N2O3. The number of ketones is 2. The van der Waals surface area contributed by atoms with Gasteiger partial charge in [-0.2, -0.15) is 0 Å². The zero-order chi connectivity index (χ0) is 20.9. The number of nitrogens with one attached hydrogen (secondary N) is 1. The summed E-state index contributed by atoms with van der Waals surface area (Å²) >= 11 is 17.9. The molecule has 4 rings (SSSR count). The molecule has 8 heteroatoms. The minimum Gasteiger partial charge on any atom is -0.398 e. The predicted molar refractivity (Wildman–Crippen MR) is 114 cm³/mol. The molecule has 0 spiro atoms. The minimum absolute atomic E-state index is 0.0169. The number of anilines is 2. The summed E-state index contributed by atoms with van der Waals surface area (Å²) in [4.78, 5) is 38.8. The van der Waals surface area contributed by atoms with Crippen LogP contribution in [0.15, 0.2) is 48.5 Å². The van der Waals surface area contributed by atoms with Crippen LogP contribution >= 0.6 is 34.8 Å². The van der Waals surface area contributed by atoms with Crippen LogP contribution in [0.5, 0.6) is 0 Å². The van der Waals surface area contributed by atoms with Gasteiger partial charge in [-0.3, -0.25) is 14.4 Å². The Bertz CT molecular complexity index is 1220. The smallest absolute Gasteiger partial charge is 0.255 e. The third-order valence-corrected chi connectivity index (χ3v) is 5.57. The molecule has 0 aliphatic heterocycles. The molecule has 0 radical (unpaired) electrons. The van der Waals surface area contributed by atoms with Crippen LogP contribution in [0.3, 0.4) is 0 Å². The van der Waals surface area contributed by atoms with Gasteiger partial charge in [-0.25, -0.2) is 0 Å². The number of carbonyl (C=O) groups excluding carboxylic acids is 3. The average Bonchev–Trinajstić information content (AvgIpc) is 2.69. The number of halogens is 3. The van der Waals surface area contributed by atoms with Crippen molar-refractivity contribution in [2.45, 2.75) is 0 Å². The Morgan fingerprint density at radius 2 is 1.34 bits per heavy atom. The van der Waals surface area contributed by atoms with E-state index in [9.17, 15) is 14.4 Å². The predicted octanol–water partition coefficient (Wildman–Crippen LogP) is 5.26. The van der Waals surface area contributed by atoms with Crippen LogP contribution in [0.2, 0.25) is 15.1 Å². The number of hydrogen-bond donors (Lipinski definition) is 2. The Kier molecular flexibility index (Phi) is 4.82. The Morgan fingerprint density at radius 1 is 0.793 bits per heavy atom. The fourth-order valence-electron chi connectivity index (χ4n) is 3.19. The van der Waals surface area contributed by atoms with Gasteiger partial charge in [-0.15, -0.1) is 0 Å². The molecule has 0 atom stereocenters. The van der Waals surface area contributed by atoms with Crippen molar-refractivity contribution in [1.82, 2.24) is 0 Å². The zero-order valence-electron chi connectivity index (χ0n) is 14.6. The van der Waals surface area contributed by atoms with Crippen molar-refractivity contribution < 1.29 is 14.4 Å². The summed E-state index contributed by atoms with van der Waals surface area (Å²) in [6, 6.07) is 11.9. The highest BCUT2D eigenvalue weighted by molar-refractivity contribution is 6.43. The van der Waals surface area contributed by atoms with Gasteiger partial charge in [0.2, 0.25) is 0 Å². The molecule has 0 saturated carbocycles. The van der Waals surface area contributed by atoms with E-state index in [1.807, 2.05) is 0 Å². The second-order valence-corrected chi connectivity index (χ2v) is 7.63. The van der Waals surface area contributed by atoms with Crippen LogP contribution in [0, 0.1) is 0 Å². The number of fused-ring (bicyclic) bond motifs is 2. The summed E-state index contributed by atoms with van der Waals surface area (Å²) in [5.41, 5.74) is 6.88. The molecule has 1 aliphatic rings. The highest BCUT2D eigenvalue weighted by Crippen LogP contribution is 2.38. The van der Waals surface area contributed by atoms with Gasteiger partial charge in [0, 0.05) is 27.4 Å². The third-order valence-electron chi connectivity index (χ3n) is 4.60. The lowest BCUT2D eigenvalue weighted by Crippen LogP contribution is -2.25. The largest absolute Gasteiger partial charge is 0.398 e. The maximum Gasteiger partial charge on any atom is 0.255 e. The molecule has 1 aliphatic carbocycles. The lowest BCUT2D eigenvalue weighted by molar-refractivity contribution is 0.0979. The van der Waals surface area contributed by atoms with Crippen LogP contribution in [0.25, 0.3) is 0 Å². The molecule has 5 nitrogen and oxygen atoms in total. The number of benzene rings is 3. The first-order chi connectivity index (χ1) is 13.8. The topological polar surface area (TPSA) is 89.3 Å². The maximum absolute atomic E-state index is 13.2. The van der Waals surface area contributed by atoms with Gasteiger partial charge in [0.1, 0.15) is 0 Å².